The number of halogens is 1. The van der Waals surface area contributed by atoms with E-state index in [2.05, 4.69) is 47.4 Å². The number of benzene rings is 1. The number of ether oxygens (including phenoxy) is 2. The van der Waals surface area contributed by atoms with Crippen LogP contribution in [0.4, 0.5) is 0 Å². The first-order valence-electron chi connectivity index (χ1n) is 5.81. The van der Waals surface area contributed by atoms with Crippen LogP contribution in [0.2, 0.25) is 0 Å². The van der Waals surface area contributed by atoms with E-state index in [1.165, 1.54) is 3.57 Å². The molecule has 0 amide bonds. The van der Waals surface area contributed by atoms with Gasteiger partial charge in [-0.15, -0.1) is 0 Å². The fraction of sp³-hybridized carbons (Fsp3) is 0.538. The molecule has 1 aromatic carbocycles. The van der Waals surface area contributed by atoms with Crippen molar-refractivity contribution in [3.63, 3.8) is 0 Å². The van der Waals surface area contributed by atoms with Crippen molar-refractivity contribution in [2.45, 2.75) is 12.8 Å². The van der Waals surface area contributed by atoms with Crippen LogP contribution in [-0.4, -0.2) is 25.6 Å². The lowest BCUT2D eigenvalue weighted by molar-refractivity contribution is 0.00310. The Morgan fingerprint density at radius 2 is 1.88 bits per heavy atom. The quantitative estimate of drug-likeness (QED) is 0.652. The van der Waals surface area contributed by atoms with Crippen LogP contribution < -0.4 is 4.74 Å². The van der Waals surface area contributed by atoms with Gasteiger partial charge in [0, 0.05) is 22.2 Å². The summed E-state index contributed by atoms with van der Waals surface area (Å²) in [7, 11) is 0. The fourth-order valence-corrected chi connectivity index (χ4v) is 2.69. The minimum atomic E-state index is 0.185. The summed E-state index contributed by atoms with van der Waals surface area (Å²) in [6.45, 7) is 2.40. The largest absolute Gasteiger partial charge is 0.493 e. The average molecular weight is 364 g/mol. The van der Waals surface area contributed by atoms with E-state index in [-0.39, 0.29) is 5.41 Å². The lowest BCUT2D eigenvalue weighted by Crippen LogP contribution is -2.36. The van der Waals surface area contributed by atoms with Gasteiger partial charge in [-0.05, 0) is 65.5 Å². The van der Waals surface area contributed by atoms with Crippen molar-refractivity contribution in [3.8, 4) is 5.75 Å². The van der Waals surface area contributed by atoms with E-state index in [1.54, 1.807) is 0 Å². The van der Waals surface area contributed by atoms with E-state index in [0.29, 0.717) is 0 Å². The summed E-state index contributed by atoms with van der Waals surface area (Å²) in [6.07, 6.45) is 2.09. The van der Waals surface area contributed by atoms with E-state index < -0.39 is 0 Å². The average Bonchev–Trinajstić information content (AvgIpc) is 2.39. The molecule has 0 saturated carbocycles. The smallest absolute Gasteiger partial charge is 0.119 e. The molecular weight excluding hydrogens is 347 g/mol. The van der Waals surface area contributed by atoms with Crippen LogP contribution in [0.3, 0.4) is 0 Å². The Kier molecular flexibility index (Phi) is 4.99. The van der Waals surface area contributed by atoms with E-state index in [0.717, 1.165) is 44.2 Å². The van der Waals surface area contributed by atoms with Gasteiger partial charge in [0.1, 0.15) is 5.75 Å². The lowest BCUT2D eigenvalue weighted by atomic mass is 9.83. The molecule has 1 aliphatic heterocycles. The molecule has 0 atom stereocenters. The van der Waals surface area contributed by atoms with Gasteiger partial charge in [0.2, 0.25) is 0 Å². The Bertz CT molecular complexity index is 347. The molecule has 0 spiro atoms. The van der Waals surface area contributed by atoms with Crippen molar-refractivity contribution in [2.24, 2.45) is 5.41 Å². The van der Waals surface area contributed by atoms with Crippen molar-refractivity contribution in [2.75, 3.05) is 25.6 Å². The summed E-state index contributed by atoms with van der Waals surface area (Å²) in [5.74, 6) is 1.80. The molecule has 1 aliphatic rings. The molecule has 1 aromatic rings. The predicted molar refractivity (Wildman–Crippen MR) is 81.0 cm³/mol. The van der Waals surface area contributed by atoms with Crippen LogP contribution in [0.5, 0.6) is 5.75 Å². The maximum Gasteiger partial charge on any atom is 0.119 e. The monoisotopic (exact) mass is 364 g/mol. The topological polar surface area (TPSA) is 18.5 Å². The second-order valence-corrected chi connectivity index (χ2v) is 6.07. The molecule has 0 aromatic heterocycles. The van der Waals surface area contributed by atoms with Crippen LogP contribution >= 0.6 is 35.2 Å². The molecule has 1 saturated heterocycles. The fourth-order valence-electron chi connectivity index (χ4n) is 1.92. The third kappa shape index (κ3) is 3.76. The van der Waals surface area contributed by atoms with Crippen LogP contribution in [0.25, 0.3) is 0 Å². The minimum absolute atomic E-state index is 0.185. The molecular formula is C13H17IO2S. The molecule has 94 valence electrons. The number of rotatable bonds is 4. The minimum Gasteiger partial charge on any atom is -0.493 e. The number of hydrogen-bond donors (Lipinski definition) is 1. The number of thiol groups is 1. The van der Waals surface area contributed by atoms with Crippen LogP contribution in [0.1, 0.15) is 12.8 Å². The lowest BCUT2D eigenvalue weighted by Gasteiger charge is -2.35. The van der Waals surface area contributed by atoms with Crippen LogP contribution in [0.15, 0.2) is 24.3 Å². The van der Waals surface area contributed by atoms with Crippen molar-refractivity contribution in [3.05, 3.63) is 27.8 Å². The van der Waals surface area contributed by atoms with Crippen molar-refractivity contribution in [1.29, 1.82) is 0 Å². The van der Waals surface area contributed by atoms with E-state index in [1.807, 2.05) is 12.1 Å². The molecule has 0 radical (unpaired) electrons. The van der Waals surface area contributed by atoms with E-state index in [9.17, 15) is 0 Å². The van der Waals surface area contributed by atoms with Gasteiger partial charge in [0.05, 0.1) is 6.61 Å². The Morgan fingerprint density at radius 3 is 2.47 bits per heavy atom. The van der Waals surface area contributed by atoms with Gasteiger partial charge in [-0.2, -0.15) is 12.6 Å². The molecule has 0 unspecified atom stereocenters. The maximum atomic E-state index is 5.89. The Labute approximate surface area is 122 Å². The zero-order valence-electron chi connectivity index (χ0n) is 9.69. The normalized spacial score (nSPS) is 18.9. The van der Waals surface area contributed by atoms with Gasteiger partial charge in [0.25, 0.3) is 0 Å². The third-order valence-corrected chi connectivity index (χ3v) is 4.64. The van der Waals surface area contributed by atoms with Gasteiger partial charge in [-0.25, -0.2) is 0 Å². The zero-order chi connectivity index (χ0) is 12.1. The molecule has 1 heterocycles. The second-order valence-electron chi connectivity index (χ2n) is 4.51. The van der Waals surface area contributed by atoms with Crippen molar-refractivity contribution < 1.29 is 9.47 Å². The third-order valence-electron chi connectivity index (χ3n) is 3.25. The first-order valence-corrected chi connectivity index (χ1v) is 7.52. The van der Waals surface area contributed by atoms with E-state index in [4.69, 9.17) is 9.47 Å². The van der Waals surface area contributed by atoms with Gasteiger partial charge in [0.15, 0.2) is 0 Å². The molecule has 0 bridgehead atoms. The maximum absolute atomic E-state index is 5.89. The first-order chi connectivity index (χ1) is 8.24. The van der Waals surface area contributed by atoms with Crippen LogP contribution in [-0.2, 0) is 4.74 Å². The zero-order valence-corrected chi connectivity index (χ0v) is 12.7. The highest BCUT2D eigenvalue weighted by Crippen LogP contribution is 2.32. The summed E-state index contributed by atoms with van der Waals surface area (Å²) in [6, 6.07) is 8.17. The van der Waals surface area contributed by atoms with Gasteiger partial charge < -0.3 is 9.47 Å². The van der Waals surface area contributed by atoms with Crippen molar-refractivity contribution in [1.82, 2.24) is 0 Å². The SMILES string of the molecule is SCC1(COc2ccc(I)cc2)CCOCC1. The first kappa shape index (κ1) is 13.5. The molecule has 1 fully saturated rings. The Morgan fingerprint density at radius 1 is 1.24 bits per heavy atom. The summed E-state index contributed by atoms with van der Waals surface area (Å²) in [5, 5.41) is 0. The van der Waals surface area contributed by atoms with Crippen molar-refractivity contribution >= 4 is 35.2 Å². The van der Waals surface area contributed by atoms with E-state index >= 15 is 0 Å². The highest BCUT2D eigenvalue weighted by atomic mass is 127. The Hall–Kier alpha value is 0.0600. The van der Waals surface area contributed by atoms with Gasteiger partial charge in [-0.1, -0.05) is 0 Å². The molecule has 2 nitrogen and oxygen atoms in total. The Balaban J connectivity index is 1.93. The summed E-state index contributed by atoms with van der Waals surface area (Å²) < 4.78 is 12.5. The summed E-state index contributed by atoms with van der Waals surface area (Å²) in [5.41, 5.74) is 0.185. The second kappa shape index (κ2) is 6.29. The molecule has 2 rings (SSSR count). The summed E-state index contributed by atoms with van der Waals surface area (Å²) in [4.78, 5) is 0. The highest BCUT2D eigenvalue weighted by molar-refractivity contribution is 14.1. The van der Waals surface area contributed by atoms with Gasteiger partial charge in [-0.3, -0.25) is 0 Å². The highest BCUT2D eigenvalue weighted by Gasteiger charge is 2.32. The number of hydrogen-bond acceptors (Lipinski definition) is 3. The van der Waals surface area contributed by atoms with Crippen LogP contribution in [0, 0.1) is 8.99 Å². The molecule has 0 aliphatic carbocycles. The standard InChI is InChI=1S/C13H17IO2S/c14-11-1-3-12(4-2-11)16-9-13(10-17)5-7-15-8-6-13/h1-4,17H,5-10H2. The molecule has 4 heteroatoms. The predicted octanol–water partition coefficient (Wildman–Crippen LogP) is 3.40. The molecule has 0 N–H and O–H groups in total. The molecule has 17 heavy (non-hydrogen) atoms. The van der Waals surface area contributed by atoms with Gasteiger partial charge >= 0.3 is 0 Å². The summed E-state index contributed by atoms with van der Waals surface area (Å²) >= 11 is 6.77.